The van der Waals surface area contributed by atoms with E-state index in [0.29, 0.717) is 23.2 Å². The molecular weight excluding hydrogens is 260 g/mol. The fourth-order valence-electron chi connectivity index (χ4n) is 1.70. The molecule has 6 nitrogen and oxygen atoms in total. The maximum atomic E-state index is 9.54. The van der Waals surface area contributed by atoms with E-state index in [0.717, 1.165) is 12.0 Å². The van der Waals surface area contributed by atoms with E-state index < -0.39 is 6.10 Å². The van der Waals surface area contributed by atoms with Crippen molar-refractivity contribution in [2.45, 2.75) is 33.0 Å². The minimum Gasteiger partial charge on any atom is -0.493 e. The zero-order chi connectivity index (χ0) is 14.5. The smallest absolute Gasteiger partial charge is 0.264 e. The lowest BCUT2D eigenvalue weighted by Crippen LogP contribution is -2.00. The Balaban J connectivity index is 2.08. The zero-order valence-electron chi connectivity index (χ0n) is 11.8. The largest absolute Gasteiger partial charge is 0.493 e. The monoisotopic (exact) mass is 278 g/mol. The molecule has 0 radical (unpaired) electrons. The summed E-state index contributed by atoms with van der Waals surface area (Å²) in [4.78, 5) is 4.16. The fraction of sp³-hybridized carbons (Fsp3) is 0.429. The van der Waals surface area contributed by atoms with Gasteiger partial charge in [-0.05, 0) is 24.6 Å². The summed E-state index contributed by atoms with van der Waals surface area (Å²) in [6.45, 7) is 3.82. The summed E-state index contributed by atoms with van der Waals surface area (Å²) in [5.41, 5.74) is 0.764. The lowest BCUT2D eigenvalue weighted by atomic mass is 10.1. The fourth-order valence-corrected chi connectivity index (χ4v) is 1.70. The summed E-state index contributed by atoms with van der Waals surface area (Å²) < 4.78 is 15.9. The number of hydrogen-bond donors (Lipinski definition) is 1. The Labute approximate surface area is 117 Å². The second-order valence-corrected chi connectivity index (χ2v) is 4.33. The average molecular weight is 278 g/mol. The number of methoxy groups -OCH3 is 1. The van der Waals surface area contributed by atoms with E-state index in [4.69, 9.17) is 14.0 Å². The van der Waals surface area contributed by atoms with Crippen LogP contribution in [-0.4, -0.2) is 22.4 Å². The van der Waals surface area contributed by atoms with Crippen molar-refractivity contribution in [3.63, 3.8) is 0 Å². The van der Waals surface area contributed by atoms with Gasteiger partial charge in [0.1, 0.15) is 0 Å². The highest BCUT2D eigenvalue weighted by Crippen LogP contribution is 2.30. The first-order valence-electron chi connectivity index (χ1n) is 6.44. The molecule has 0 fully saturated rings. The van der Waals surface area contributed by atoms with Gasteiger partial charge in [0.2, 0.25) is 0 Å². The predicted octanol–water partition coefficient (Wildman–Crippen LogP) is 2.27. The lowest BCUT2D eigenvalue weighted by Gasteiger charge is -2.12. The van der Waals surface area contributed by atoms with Crippen molar-refractivity contribution in [1.82, 2.24) is 10.1 Å². The molecule has 0 aliphatic carbocycles. The Morgan fingerprint density at radius 3 is 2.75 bits per heavy atom. The number of aryl methyl sites for hydroxylation is 1. The quantitative estimate of drug-likeness (QED) is 0.873. The normalized spacial score (nSPS) is 12.2. The Hall–Kier alpha value is -2.08. The maximum absolute atomic E-state index is 9.54. The topological polar surface area (TPSA) is 77.6 Å². The van der Waals surface area contributed by atoms with Crippen molar-refractivity contribution >= 4 is 0 Å². The Morgan fingerprint density at radius 1 is 1.35 bits per heavy atom. The molecule has 1 atom stereocenters. The minimum atomic E-state index is -0.555. The number of benzene rings is 1. The van der Waals surface area contributed by atoms with Gasteiger partial charge in [0, 0.05) is 6.42 Å². The molecule has 6 heteroatoms. The predicted molar refractivity (Wildman–Crippen MR) is 71.6 cm³/mol. The summed E-state index contributed by atoms with van der Waals surface area (Å²) in [7, 11) is 1.55. The van der Waals surface area contributed by atoms with Gasteiger partial charge in [-0.1, -0.05) is 18.1 Å². The van der Waals surface area contributed by atoms with Gasteiger partial charge in [0.25, 0.3) is 5.89 Å². The number of hydrogen-bond acceptors (Lipinski definition) is 6. The van der Waals surface area contributed by atoms with E-state index in [1.807, 2.05) is 6.92 Å². The van der Waals surface area contributed by atoms with Crippen LogP contribution in [0.25, 0.3) is 0 Å². The van der Waals surface area contributed by atoms with Crippen LogP contribution in [0.4, 0.5) is 0 Å². The molecule has 1 heterocycles. The third kappa shape index (κ3) is 3.27. The van der Waals surface area contributed by atoms with E-state index in [1.54, 1.807) is 32.2 Å². The van der Waals surface area contributed by atoms with Gasteiger partial charge < -0.3 is 19.1 Å². The lowest BCUT2D eigenvalue weighted by molar-refractivity contribution is 0.198. The van der Waals surface area contributed by atoms with E-state index in [-0.39, 0.29) is 6.61 Å². The first-order valence-corrected chi connectivity index (χ1v) is 6.44. The molecule has 1 aromatic carbocycles. The average Bonchev–Trinajstić information content (AvgIpc) is 2.92. The first kappa shape index (κ1) is 14.3. The molecule has 0 aliphatic heterocycles. The molecule has 0 unspecified atom stereocenters. The van der Waals surface area contributed by atoms with Crippen LogP contribution in [0.1, 0.15) is 37.2 Å². The summed E-state index contributed by atoms with van der Waals surface area (Å²) >= 11 is 0. The second-order valence-electron chi connectivity index (χ2n) is 4.33. The van der Waals surface area contributed by atoms with Crippen LogP contribution in [0, 0.1) is 0 Å². The number of aliphatic hydroxyl groups excluding tert-OH is 1. The second kappa shape index (κ2) is 6.38. The van der Waals surface area contributed by atoms with Gasteiger partial charge in [-0.25, -0.2) is 0 Å². The maximum Gasteiger partial charge on any atom is 0.264 e. The molecule has 0 saturated heterocycles. The van der Waals surface area contributed by atoms with Gasteiger partial charge in [0.05, 0.1) is 13.2 Å². The van der Waals surface area contributed by atoms with Crippen molar-refractivity contribution in [2.24, 2.45) is 0 Å². The number of rotatable bonds is 6. The molecule has 108 valence electrons. The van der Waals surface area contributed by atoms with Crippen LogP contribution in [-0.2, 0) is 13.0 Å². The summed E-state index contributed by atoms with van der Waals surface area (Å²) in [6.07, 6.45) is 0.164. The summed E-state index contributed by atoms with van der Waals surface area (Å²) in [5.74, 6) is 2.19. The van der Waals surface area contributed by atoms with E-state index in [1.165, 1.54) is 0 Å². The number of aliphatic hydroxyl groups is 1. The van der Waals surface area contributed by atoms with Crippen molar-refractivity contribution in [2.75, 3.05) is 7.11 Å². The number of aromatic nitrogens is 2. The highest BCUT2D eigenvalue weighted by Gasteiger charge is 2.11. The SMILES string of the molecule is CCc1noc(COc2ccc([C@H](C)O)cc2OC)n1. The van der Waals surface area contributed by atoms with Gasteiger partial charge in [0.15, 0.2) is 23.9 Å². The minimum absolute atomic E-state index is 0.178. The molecule has 0 bridgehead atoms. The standard InChI is InChI=1S/C14H18N2O4/c1-4-13-15-14(20-16-13)8-19-11-6-5-10(9(2)17)7-12(11)18-3/h5-7,9,17H,4,8H2,1-3H3/t9-/m0/s1. The van der Waals surface area contributed by atoms with Crippen LogP contribution in [0.15, 0.2) is 22.7 Å². The Morgan fingerprint density at radius 2 is 2.15 bits per heavy atom. The molecule has 2 aromatic rings. The van der Waals surface area contributed by atoms with E-state index in [9.17, 15) is 5.11 Å². The van der Waals surface area contributed by atoms with Crippen LogP contribution in [0.5, 0.6) is 11.5 Å². The van der Waals surface area contributed by atoms with Gasteiger partial charge in [-0.15, -0.1) is 0 Å². The zero-order valence-corrected chi connectivity index (χ0v) is 11.8. The van der Waals surface area contributed by atoms with Crippen molar-refractivity contribution in [3.05, 3.63) is 35.5 Å². The van der Waals surface area contributed by atoms with Crippen LogP contribution in [0.3, 0.4) is 0 Å². The third-order valence-corrected chi connectivity index (χ3v) is 2.85. The molecule has 1 aromatic heterocycles. The number of nitrogens with zero attached hydrogens (tertiary/aromatic N) is 2. The molecule has 2 rings (SSSR count). The summed E-state index contributed by atoms with van der Waals surface area (Å²) in [5, 5.41) is 13.3. The van der Waals surface area contributed by atoms with Crippen molar-refractivity contribution < 1.29 is 19.1 Å². The van der Waals surface area contributed by atoms with Crippen molar-refractivity contribution in [3.8, 4) is 11.5 Å². The molecule has 20 heavy (non-hydrogen) atoms. The summed E-state index contributed by atoms with van der Waals surface area (Å²) in [6, 6.07) is 5.27. The van der Waals surface area contributed by atoms with Gasteiger partial charge in [-0.3, -0.25) is 0 Å². The van der Waals surface area contributed by atoms with Gasteiger partial charge in [-0.2, -0.15) is 4.98 Å². The first-order chi connectivity index (χ1) is 9.63. The molecule has 0 aliphatic rings. The number of ether oxygens (including phenoxy) is 2. The molecule has 1 N–H and O–H groups in total. The van der Waals surface area contributed by atoms with E-state index >= 15 is 0 Å². The van der Waals surface area contributed by atoms with E-state index in [2.05, 4.69) is 10.1 Å². The van der Waals surface area contributed by atoms with Crippen molar-refractivity contribution in [1.29, 1.82) is 0 Å². The van der Waals surface area contributed by atoms with Crippen LogP contribution < -0.4 is 9.47 Å². The highest BCUT2D eigenvalue weighted by atomic mass is 16.5. The Kier molecular flexibility index (Phi) is 4.57. The third-order valence-electron chi connectivity index (χ3n) is 2.85. The van der Waals surface area contributed by atoms with Gasteiger partial charge >= 0.3 is 0 Å². The van der Waals surface area contributed by atoms with Crippen LogP contribution >= 0.6 is 0 Å². The Bertz CT molecular complexity index is 566. The molecule has 0 spiro atoms. The molecular formula is C14H18N2O4. The highest BCUT2D eigenvalue weighted by molar-refractivity contribution is 5.43. The molecule has 0 amide bonds. The van der Waals surface area contributed by atoms with Crippen LogP contribution in [0.2, 0.25) is 0 Å². The molecule has 0 saturated carbocycles.